The molecule has 22 heavy (non-hydrogen) atoms. The number of rotatable bonds is 6. The number of nitrogens with zero attached hydrogens (tertiary/aromatic N) is 1. The second-order valence-electron chi connectivity index (χ2n) is 7.14. The fraction of sp³-hybridized carbons (Fsp3) is 0.750. The van der Waals surface area contributed by atoms with Gasteiger partial charge in [-0.25, -0.2) is 4.79 Å². The number of H-pyrrole nitrogens is 1. The molecule has 2 N–H and O–H groups in total. The normalized spacial score (nSPS) is 23.8. The third-order valence-electron chi connectivity index (χ3n) is 4.51. The number of ether oxygens (including phenoxy) is 1. The maximum atomic E-state index is 11.9. The molecule has 0 radical (unpaired) electrons. The van der Waals surface area contributed by atoms with E-state index >= 15 is 0 Å². The Hall–Kier alpha value is -1.40. The Labute approximate surface area is 130 Å². The molecule has 1 aromatic rings. The van der Waals surface area contributed by atoms with E-state index in [0.29, 0.717) is 42.6 Å². The summed E-state index contributed by atoms with van der Waals surface area (Å²) in [6.45, 7) is 8.16. The first-order valence-corrected chi connectivity index (χ1v) is 7.87. The van der Waals surface area contributed by atoms with Crippen molar-refractivity contribution in [3.05, 3.63) is 32.6 Å². The zero-order valence-corrected chi connectivity index (χ0v) is 13.9. The molecule has 1 aromatic heterocycles. The molecule has 1 saturated carbocycles. The third-order valence-corrected chi connectivity index (χ3v) is 4.51. The molecule has 0 aliphatic heterocycles. The predicted octanol–water partition coefficient (Wildman–Crippen LogP) is 1.10. The van der Waals surface area contributed by atoms with E-state index in [4.69, 9.17) is 4.74 Å². The summed E-state index contributed by atoms with van der Waals surface area (Å²) in [6.07, 6.45) is 3.93. The molecule has 1 aliphatic rings. The second-order valence-corrected chi connectivity index (χ2v) is 7.14. The second kappa shape index (κ2) is 6.79. The maximum absolute atomic E-state index is 11.9. The molecule has 0 saturated heterocycles. The minimum Gasteiger partial charge on any atom is -0.383 e. The average molecular weight is 309 g/mol. The van der Waals surface area contributed by atoms with Gasteiger partial charge in [0.15, 0.2) is 0 Å². The van der Waals surface area contributed by atoms with E-state index in [9.17, 15) is 9.59 Å². The van der Waals surface area contributed by atoms with Gasteiger partial charge in [0, 0.05) is 31.5 Å². The van der Waals surface area contributed by atoms with Gasteiger partial charge in [0.2, 0.25) is 0 Å². The van der Waals surface area contributed by atoms with Crippen LogP contribution < -0.4 is 16.6 Å². The predicted molar refractivity (Wildman–Crippen MR) is 86.0 cm³/mol. The highest BCUT2D eigenvalue weighted by Crippen LogP contribution is 2.40. The molecule has 0 spiro atoms. The van der Waals surface area contributed by atoms with E-state index in [-0.39, 0.29) is 11.2 Å². The fourth-order valence-electron chi connectivity index (χ4n) is 3.44. The van der Waals surface area contributed by atoms with Gasteiger partial charge in [0.25, 0.3) is 5.56 Å². The summed E-state index contributed by atoms with van der Waals surface area (Å²) in [5.41, 5.74) is 0.241. The molecule has 6 heteroatoms. The zero-order valence-electron chi connectivity index (χ0n) is 13.9. The summed E-state index contributed by atoms with van der Waals surface area (Å²) in [4.78, 5) is 26.0. The monoisotopic (exact) mass is 309 g/mol. The van der Waals surface area contributed by atoms with Crippen LogP contribution in [0.15, 0.2) is 15.8 Å². The van der Waals surface area contributed by atoms with Crippen molar-refractivity contribution in [2.45, 2.75) is 52.7 Å². The van der Waals surface area contributed by atoms with Gasteiger partial charge in [0.05, 0.1) is 13.2 Å². The van der Waals surface area contributed by atoms with Crippen LogP contribution in [-0.4, -0.2) is 29.3 Å². The number of nitrogens with one attached hydrogen (secondary N) is 2. The first-order chi connectivity index (χ1) is 10.3. The lowest BCUT2D eigenvalue weighted by molar-refractivity contribution is 0.185. The highest BCUT2D eigenvalue weighted by molar-refractivity contribution is 5.05. The number of hydrogen-bond acceptors (Lipinski definition) is 4. The van der Waals surface area contributed by atoms with Crippen molar-refractivity contribution >= 4 is 0 Å². The van der Waals surface area contributed by atoms with Gasteiger partial charge in [-0.05, 0) is 24.2 Å². The SMILES string of the molecule is COCCn1cc(CNC2CC(C)(C)CC2C)c(=O)[nH]c1=O. The standard InChI is InChI=1S/C16H27N3O3/c1-11-7-16(2,3)8-13(11)17-9-12-10-19(5-6-22-4)15(21)18-14(12)20/h10-11,13,17H,5-9H2,1-4H3,(H,18,20,21). The van der Waals surface area contributed by atoms with Crippen LogP contribution >= 0.6 is 0 Å². The minimum atomic E-state index is -0.388. The fourth-order valence-corrected chi connectivity index (χ4v) is 3.44. The molecule has 2 rings (SSSR count). The Morgan fingerprint density at radius 2 is 2.14 bits per heavy atom. The van der Waals surface area contributed by atoms with E-state index in [1.807, 2.05) is 0 Å². The van der Waals surface area contributed by atoms with Crippen molar-refractivity contribution in [3.8, 4) is 0 Å². The quantitative estimate of drug-likeness (QED) is 0.825. The van der Waals surface area contributed by atoms with E-state index in [0.717, 1.165) is 6.42 Å². The molecule has 6 nitrogen and oxygen atoms in total. The molecule has 124 valence electrons. The van der Waals surface area contributed by atoms with Crippen LogP contribution in [0, 0.1) is 11.3 Å². The largest absolute Gasteiger partial charge is 0.383 e. The lowest BCUT2D eigenvalue weighted by Gasteiger charge is -2.18. The van der Waals surface area contributed by atoms with Gasteiger partial charge in [-0.2, -0.15) is 0 Å². The molecule has 1 heterocycles. The highest BCUT2D eigenvalue weighted by Gasteiger charge is 2.36. The Morgan fingerprint density at radius 3 is 2.73 bits per heavy atom. The van der Waals surface area contributed by atoms with Crippen LogP contribution in [0.25, 0.3) is 0 Å². The Morgan fingerprint density at radius 1 is 1.41 bits per heavy atom. The van der Waals surface area contributed by atoms with E-state index in [1.54, 1.807) is 13.3 Å². The summed E-state index contributed by atoms with van der Waals surface area (Å²) in [5, 5.41) is 3.48. The molecule has 0 aromatic carbocycles. The van der Waals surface area contributed by atoms with Crippen LogP contribution in [0.5, 0.6) is 0 Å². The Balaban J connectivity index is 2.06. The van der Waals surface area contributed by atoms with Gasteiger partial charge in [-0.15, -0.1) is 0 Å². The number of aromatic amines is 1. The molecular weight excluding hydrogens is 282 g/mol. The maximum Gasteiger partial charge on any atom is 0.328 e. The van der Waals surface area contributed by atoms with Crippen molar-refractivity contribution in [2.75, 3.05) is 13.7 Å². The summed E-state index contributed by atoms with van der Waals surface area (Å²) < 4.78 is 6.47. The van der Waals surface area contributed by atoms with Gasteiger partial charge in [-0.3, -0.25) is 14.3 Å². The van der Waals surface area contributed by atoms with Gasteiger partial charge < -0.3 is 10.1 Å². The zero-order chi connectivity index (χ0) is 16.3. The van der Waals surface area contributed by atoms with Crippen molar-refractivity contribution in [1.82, 2.24) is 14.9 Å². The summed E-state index contributed by atoms with van der Waals surface area (Å²) in [5.74, 6) is 0.591. The molecule has 0 amide bonds. The van der Waals surface area contributed by atoms with Crippen LogP contribution in [0.1, 0.15) is 39.2 Å². The average Bonchev–Trinajstić information content (AvgIpc) is 2.69. The Kier molecular flexibility index (Phi) is 5.24. The third kappa shape index (κ3) is 4.08. The van der Waals surface area contributed by atoms with Crippen molar-refractivity contribution in [3.63, 3.8) is 0 Å². The molecule has 2 unspecified atom stereocenters. The molecule has 0 bridgehead atoms. The van der Waals surface area contributed by atoms with Gasteiger partial charge in [-0.1, -0.05) is 20.8 Å². The minimum absolute atomic E-state index is 0.309. The first kappa shape index (κ1) is 17.0. The van der Waals surface area contributed by atoms with Crippen LogP contribution in [-0.2, 0) is 17.8 Å². The Bertz CT molecular complexity index is 618. The van der Waals surface area contributed by atoms with Gasteiger partial charge in [0.1, 0.15) is 0 Å². The van der Waals surface area contributed by atoms with E-state index in [2.05, 4.69) is 31.1 Å². The summed E-state index contributed by atoms with van der Waals surface area (Å²) in [7, 11) is 1.59. The van der Waals surface area contributed by atoms with E-state index < -0.39 is 0 Å². The number of methoxy groups -OCH3 is 1. The van der Waals surface area contributed by atoms with Crippen molar-refractivity contribution < 1.29 is 4.74 Å². The van der Waals surface area contributed by atoms with Crippen LogP contribution in [0.2, 0.25) is 0 Å². The molecule has 1 aliphatic carbocycles. The topological polar surface area (TPSA) is 76.1 Å². The van der Waals surface area contributed by atoms with Crippen molar-refractivity contribution in [1.29, 1.82) is 0 Å². The highest BCUT2D eigenvalue weighted by atomic mass is 16.5. The van der Waals surface area contributed by atoms with E-state index in [1.165, 1.54) is 11.0 Å². The molecule has 2 atom stereocenters. The van der Waals surface area contributed by atoms with Gasteiger partial charge >= 0.3 is 5.69 Å². The summed E-state index contributed by atoms with van der Waals surface area (Å²) in [6, 6.07) is 0.411. The van der Waals surface area contributed by atoms with Crippen LogP contribution in [0.4, 0.5) is 0 Å². The number of hydrogen-bond donors (Lipinski definition) is 2. The first-order valence-electron chi connectivity index (χ1n) is 7.87. The number of aromatic nitrogens is 2. The smallest absolute Gasteiger partial charge is 0.328 e. The van der Waals surface area contributed by atoms with Crippen LogP contribution in [0.3, 0.4) is 0 Å². The molecule has 1 fully saturated rings. The summed E-state index contributed by atoms with van der Waals surface area (Å²) >= 11 is 0. The molecular formula is C16H27N3O3. The lowest BCUT2D eigenvalue weighted by Crippen LogP contribution is -2.37. The van der Waals surface area contributed by atoms with Crippen molar-refractivity contribution in [2.24, 2.45) is 11.3 Å². The lowest BCUT2D eigenvalue weighted by atomic mass is 9.91.